The topological polar surface area (TPSA) is 91.2 Å². The van der Waals surface area contributed by atoms with Crippen molar-refractivity contribution < 1.29 is 23.0 Å². The van der Waals surface area contributed by atoms with E-state index in [2.05, 4.69) is 20.4 Å². The summed E-state index contributed by atoms with van der Waals surface area (Å²) in [6, 6.07) is 3.81. The van der Waals surface area contributed by atoms with E-state index in [4.69, 9.17) is 9.47 Å². The third-order valence-electron chi connectivity index (χ3n) is 3.58. The van der Waals surface area contributed by atoms with Crippen molar-refractivity contribution in [1.82, 2.24) is 19.7 Å². The van der Waals surface area contributed by atoms with E-state index in [1.807, 2.05) is 0 Å². The lowest BCUT2D eigenvalue weighted by Crippen LogP contribution is -2.16. The average Bonchev–Trinajstić information content (AvgIpc) is 3.24. The van der Waals surface area contributed by atoms with Crippen molar-refractivity contribution in [1.29, 1.82) is 0 Å². The van der Waals surface area contributed by atoms with Crippen molar-refractivity contribution in [2.75, 3.05) is 12.1 Å². The molecule has 3 aromatic rings. The number of hydrogen-bond donors (Lipinski definition) is 1. The van der Waals surface area contributed by atoms with Crippen LogP contribution >= 0.6 is 0 Å². The highest BCUT2D eigenvalue weighted by atomic mass is 19.1. The smallest absolute Gasteiger partial charge is 0.264 e. The van der Waals surface area contributed by atoms with Gasteiger partial charge in [0.2, 0.25) is 12.7 Å². The number of pyridine rings is 1. The van der Waals surface area contributed by atoms with Gasteiger partial charge in [-0.15, -0.1) is 5.10 Å². The number of benzene rings is 1. The Bertz CT molecular complexity index is 992. The highest BCUT2D eigenvalue weighted by Gasteiger charge is 2.26. The number of anilines is 1. The van der Waals surface area contributed by atoms with E-state index in [1.54, 1.807) is 0 Å². The molecule has 0 bridgehead atoms. The number of rotatable bonds is 4. The van der Waals surface area contributed by atoms with E-state index in [9.17, 15) is 13.6 Å². The molecule has 4 rings (SSSR count). The van der Waals surface area contributed by atoms with Crippen LogP contribution in [0, 0.1) is 11.6 Å². The zero-order valence-corrected chi connectivity index (χ0v) is 13.1. The quantitative estimate of drug-likeness (QED) is 0.766. The Hall–Kier alpha value is -3.56. The first-order chi connectivity index (χ1) is 12.6. The highest BCUT2D eigenvalue weighted by molar-refractivity contribution is 6.06. The summed E-state index contributed by atoms with van der Waals surface area (Å²) in [6.45, 7) is 0.118. The second-order valence-corrected chi connectivity index (χ2v) is 5.39. The van der Waals surface area contributed by atoms with Crippen molar-refractivity contribution >= 4 is 11.9 Å². The average molecular weight is 359 g/mol. The Morgan fingerprint density at radius 1 is 1.27 bits per heavy atom. The molecule has 0 spiro atoms. The van der Waals surface area contributed by atoms with Crippen LogP contribution in [-0.4, -0.2) is 32.4 Å². The summed E-state index contributed by atoms with van der Waals surface area (Å²) in [7, 11) is 0. The van der Waals surface area contributed by atoms with Crippen LogP contribution in [0.5, 0.6) is 11.5 Å². The molecule has 8 nitrogen and oxygen atoms in total. The SMILES string of the molecule is O=C(Nc1ncn(Cc2cncc(F)c2)n1)c1c(F)ccc2c1OCO2. The van der Waals surface area contributed by atoms with Gasteiger partial charge in [0.15, 0.2) is 11.5 Å². The van der Waals surface area contributed by atoms with Crippen LogP contribution in [-0.2, 0) is 6.54 Å². The van der Waals surface area contributed by atoms with Crippen molar-refractivity contribution in [3.8, 4) is 11.5 Å². The monoisotopic (exact) mass is 359 g/mol. The first kappa shape index (κ1) is 15.9. The molecule has 1 aliphatic heterocycles. The second-order valence-electron chi connectivity index (χ2n) is 5.39. The van der Waals surface area contributed by atoms with Gasteiger partial charge in [-0.05, 0) is 23.8 Å². The Morgan fingerprint density at radius 3 is 3.00 bits per heavy atom. The minimum atomic E-state index is -0.768. The Morgan fingerprint density at radius 2 is 2.15 bits per heavy atom. The number of nitrogens with one attached hydrogen (secondary N) is 1. The van der Waals surface area contributed by atoms with Crippen LogP contribution in [0.15, 0.2) is 36.9 Å². The number of carbonyl (C=O) groups excluding carboxylic acids is 1. The Kier molecular flexibility index (Phi) is 3.92. The van der Waals surface area contributed by atoms with Crippen LogP contribution in [0.25, 0.3) is 0 Å². The van der Waals surface area contributed by atoms with E-state index in [-0.39, 0.29) is 36.3 Å². The molecule has 0 radical (unpaired) electrons. The number of ether oxygens (including phenoxy) is 2. The molecule has 1 aromatic carbocycles. The Labute approximate surface area is 145 Å². The third kappa shape index (κ3) is 3.04. The molecule has 0 saturated carbocycles. The maximum atomic E-state index is 14.0. The van der Waals surface area contributed by atoms with Gasteiger partial charge in [0, 0.05) is 6.20 Å². The van der Waals surface area contributed by atoms with Crippen molar-refractivity contribution in [2.24, 2.45) is 0 Å². The standard InChI is InChI=1S/C16H11F2N5O3/c17-10-3-9(4-19-5-10)6-23-7-20-16(22-23)21-15(24)13-11(18)1-2-12-14(13)26-8-25-12/h1-5,7H,6,8H2,(H,21,22,24). The molecule has 2 aromatic heterocycles. The highest BCUT2D eigenvalue weighted by Crippen LogP contribution is 2.37. The zero-order valence-electron chi connectivity index (χ0n) is 13.1. The van der Waals surface area contributed by atoms with Crippen molar-refractivity contribution in [3.63, 3.8) is 0 Å². The maximum Gasteiger partial charge on any atom is 0.264 e. The number of nitrogens with zero attached hydrogens (tertiary/aromatic N) is 4. The lowest BCUT2D eigenvalue weighted by atomic mass is 10.1. The predicted octanol–water partition coefficient (Wildman–Crippen LogP) is 1.98. The van der Waals surface area contributed by atoms with Gasteiger partial charge in [-0.25, -0.2) is 18.4 Å². The molecule has 132 valence electrons. The van der Waals surface area contributed by atoms with Gasteiger partial charge < -0.3 is 9.47 Å². The lowest BCUT2D eigenvalue weighted by molar-refractivity contribution is 0.101. The molecule has 10 heteroatoms. The van der Waals surface area contributed by atoms with Crippen LogP contribution in [0.2, 0.25) is 0 Å². The number of aromatic nitrogens is 4. The van der Waals surface area contributed by atoms with Crippen LogP contribution < -0.4 is 14.8 Å². The molecule has 1 amide bonds. The minimum Gasteiger partial charge on any atom is -0.454 e. The van der Waals surface area contributed by atoms with Crippen LogP contribution in [0.1, 0.15) is 15.9 Å². The van der Waals surface area contributed by atoms with E-state index in [1.165, 1.54) is 29.3 Å². The van der Waals surface area contributed by atoms with Crippen molar-refractivity contribution in [3.05, 3.63) is 59.7 Å². The number of carbonyl (C=O) groups is 1. The summed E-state index contributed by atoms with van der Waals surface area (Å²) in [5, 5.41) is 6.45. The van der Waals surface area contributed by atoms with E-state index in [0.717, 1.165) is 12.3 Å². The molecule has 3 heterocycles. The molecule has 1 N–H and O–H groups in total. The minimum absolute atomic E-state index is 0.0321. The van der Waals surface area contributed by atoms with Gasteiger partial charge >= 0.3 is 0 Å². The molecule has 0 aliphatic carbocycles. The molecule has 1 aliphatic rings. The first-order valence-corrected chi connectivity index (χ1v) is 7.48. The molecule has 0 unspecified atom stereocenters. The predicted molar refractivity (Wildman–Crippen MR) is 83.8 cm³/mol. The molecule has 0 atom stereocenters. The second kappa shape index (κ2) is 6.39. The molecule has 0 fully saturated rings. The fourth-order valence-corrected chi connectivity index (χ4v) is 2.48. The van der Waals surface area contributed by atoms with Gasteiger partial charge in [-0.2, -0.15) is 0 Å². The van der Waals surface area contributed by atoms with Gasteiger partial charge in [-0.3, -0.25) is 15.1 Å². The van der Waals surface area contributed by atoms with E-state index < -0.39 is 17.5 Å². The summed E-state index contributed by atoms with van der Waals surface area (Å²) in [5.41, 5.74) is 0.288. The third-order valence-corrected chi connectivity index (χ3v) is 3.58. The summed E-state index contributed by atoms with van der Waals surface area (Å²) >= 11 is 0. The van der Waals surface area contributed by atoms with Gasteiger partial charge in [-0.1, -0.05) is 0 Å². The Balaban J connectivity index is 1.51. The van der Waals surface area contributed by atoms with Gasteiger partial charge in [0.25, 0.3) is 5.91 Å². The van der Waals surface area contributed by atoms with Crippen LogP contribution in [0.4, 0.5) is 14.7 Å². The van der Waals surface area contributed by atoms with Gasteiger partial charge in [0.05, 0.1) is 12.7 Å². The molecular formula is C16H11F2N5O3. The fraction of sp³-hybridized carbons (Fsp3) is 0.125. The fourth-order valence-electron chi connectivity index (χ4n) is 2.48. The number of hydrogen-bond acceptors (Lipinski definition) is 6. The summed E-state index contributed by atoms with van der Waals surface area (Å²) in [5.74, 6) is -1.70. The summed E-state index contributed by atoms with van der Waals surface area (Å²) < 4.78 is 38.9. The summed E-state index contributed by atoms with van der Waals surface area (Å²) in [6.07, 6.45) is 3.93. The lowest BCUT2D eigenvalue weighted by Gasteiger charge is -2.06. The number of halogens is 2. The number of fused-ring (bicyclic) bond motifs is 1. The van der Waals surface area contributed by atoms with E-state index >= 15 is 0 Å². The molecular weight excluding hydrogens is 348 g/mol. The molecule has 26 heavy (non-hydrogen) atoms. The molecule has 0 saturated heterocycles. The maximum absolute atomic E-state index is 14.0. The van der Waals surface area contributed by atoms with Gasteiger partial charge in [0.1, 0.15) is 23.5 Å². The number of amides is 1. The van der Waals surface area contributed by atoms with Crippen LogP contribution in [0.3, 0.4) is 0 Å². The van der Waals surface area contributed by atoms with Crippen molar-refractivity contribution in [2.45, 2.75) is 6.54 Å². The zero-order chi connectivity index (χ0) is 18.1. The normalized spacial score (nSPS) is 12.2. The first-order valence-electron chi connectivity index (χ1n) is 7.48. The van der Waals surface area contributed by atoms with E-state index in [0.29, 0.717) is 5.56 Å². The summed E-state index contributed by atoms with van der Waals surface area (Å²) in [4.78, 5) is 20.1. The largest absolute Gasteiger partial charge is 0.454 e.